The van der Waals surface area contributed by atoms with Gasteiger partial charge in [-0.05, 0) is 26.7 Å². The van der Waals surface area contributed by atoms with E-state index in [-0.39, 0.29) is 29.3 Å². The van der Waals surface area contributed by atoms with E-state index < -0.39 is 11.9 Å². The lowest BCUT2D eigenvalue weighted by Gasteiger charge is -2.17. The molecule has 0 unspecified atom stereocenters. The molecule has 1 heterocycles. The van der Waals surface area contributed by atoms with E-state index in [0.717, 1.165) is 43.5 Å². The zero-order valence-electron chi connectivity index (χ0n) is 13.7. The fourth-order valence-electron chi connectivity index (χ4n) is 2.65. The van der Waals surface area contributed by atoms with Crippen LogP contribution in [0.2, 0.25) is 0 Å². The first-order chi connectivity index (χ1) is 11.4. The number of carbonyl (C=O) groups is 2. The van der Waals surface area contributed by atoms with Crippen LogP contribution in [0.15, 0.2) is 16.0 Å². The van der Waals surface area contributed by atoms with Gasteiger partial charge in [-0.2, -0.15) is 4.98 Å². The molecule has 24 heavy (non-hydrogen) atoms. The highest BCUT2D eigenvalue weighted by Crippen LogP contribution is 2.31. The molecule has 3 amide bonds. The van der Waals surface area contributed by atoms with Crippen molar-refractivity contribution >= 4 is 23.7 Å². The van der Waals surface area contributed by atoms with Crippen LogP contribution in [0.3, 0.4) is 0 Å². The van der Waals surface area contributed by atoms with E-state index in [0.29, 0.717) is 5.16 Å². The van der Waals surface area contributed by atoms with Crippen molar-refractivity contribution in [2.45, 2.75) is 56.8 Å². The summed E-state index contributed by atoms with van der Waals surface area (Å²) >= 11 is 1.03. The molecular weight excluding hydrogens is 332 g/mol. The number of urea groups is 1. The van der Waals surface area contributed by atoms with Crippen LogP contribution in [0, 0.1) is 0 Å². The fourth-order valence-corrected chi connectivity index (χ4v) is 3.52. The van der Waals surface area contributed by atoms with Gasteiger partial charge in [-0.15, -0.1) is 0 Å². The summed E-state index contributed by atoms with van der Waals surface area (Å²) in [6.45, 7) is 3.57. The molecule has 0 saturated heterocycles. The van der Waals surface area contributed by atoms with Gasteiger partial charge in [0.2, 0.25) is 11.8 Å². The Kier molecular flexibility index (Phi) is 6.24. The number of hydrogen-bond acceptors (Lipinski definition) is 6. The predicted molar refractivity (Wildman–Crippen MR) is 90.2 cm³/mol. The number of amides is 3. The Morgan fingerprint density at radius 2 is 2.08 bits per heavy atom. The number of nitrogens with one attached hydrogen (secondary N) is 2. The number of rotatable bonds is 5. The van der Waals surface area contributed by atoms with Crippen molar-refractivity contribution in [3.05, 3.63) is 16.4 Å². The molecule has 1 saturated carbocycles. The highest BCUT2D eigenvalue weighted by Gasteiger charge is 2.22. The lowest BCUT2D eigenvalue weighted by atomic mass is 10.2. The summed E-state index contributed by atoms with van der Waals surface area (Å²) in [5.74, 6) is -0.933. The highest BCUT2D eigenvalue weighted by atomic mass is 32.2. The van der Waals surface area contributed by atoms with Crippen molar-refractivity contribution in [2.75, 3.05) is 5.75 Å². The third-order valence-electron chi connectivity index (χ3n) is 3.60. The van der Waals surface area contributed by atoms with Crippen LogP contribution in [-0.2, 0) is 4.79 Å². The largest absolute Gasteiger partial charge is 0.493 e. The minimum atomic E-state index is -0.562. The number of thioether (sulfide) groups is 1. The lowest BCUT2D eigenvalue weighted by molar-refractivity contribution is -0.117. The Labute approximate surface area is 144 Å². The van der Waals surface area contributed by atoms with Crippen molar-refractivity contribution in [3.63, 3.8) is 0 Å². The molecule has 1 aromatic heterocycles. The third kappa shape index (κ3) is 4.98. The van der Waals surface area contributed by atoms with Crippen LogP contribution < -0.4 is 16.2 Å². The molecule has 1 aliphatic carbocycles. The van der Waals surface area contributed by atoms with Gasteiger partial charge >= 0.3 is 6.03 Å². The molecule has 9 heteroatoms. The van der Waals surface area contributed by atoms with Gasteiger partial charge in [0.15, 0.2) is 5.16 Å². The standard InChI is InChI=1S/C15H22N4O4S/c1-9(2)16-14(23)17-12(21)8-24-15-18-11(20)7-13(22)19(15)10-5-3-4-6-10/h7,9-10,20H,3-6,8H2,1-2H3,(H2,16,17,21,23). The summed E-state index contributed by atoms with van der Waals surface area (Å²) in [5, 5.41) is 14.6. The number of imide groups is 1. The van der Waals surface area contributed by atoms with Crippen LogP contribution in [0.1, 0.15) is 45.6 Å². The maximum atomic E-state index is 12.2. The zero-order chi connectivity index (χ0) is 17.7. The third-order valence-corrected chi connectivity index (χ3v) is 4.55. The molecule has 0 aliphatic heterocycles. The lowest BCUT2D eigenvalue weighted by Crippen LogP contribution is -2.43. The Hall–Kier alpha value is -2.03. The van der Waals surface area contributed by atoms with Crippen molar-refractivity contribution in [1.29, 1.82) is 0 Å². The summed E-state index contributed by atoms with van der Waals surface area (Å²) in [7, 11) is 0. The van der Waals surface area contributed by atoms with E-state index in [4.69, 9.17) is 0 Å². The second kappa shape index (κ2) is 8.18. The molecule has 1 fully saturated rings. The van der Waals surface area contributed by atoms with Gasteiger partial charge in [-0.1, -0.05) is 24.6 Å². The monoisotopic (exact) mass is 354 g/mol. The van der Waals surface area contributed by atoms with Crippen molar-refractivity contribution in [2.24, 2.45) is 0 Å². The van der Waals surface area contributed by atoms with E-state index in [1.54, 1.807) is 18.4 Å². The normalized spacial score (nSPS) is 14.8. The summed E-state index contributed by atoms with van der Waals surface area (Å²) in [5.41, 5.74) is -0.324. The maximum Gasteiger partial charge on any atom is 0.321 e. The Bertz CT molecular complexity index is 668. The molecule has 2 rings (SSSR count). The Morgan fingerprint density at radius 1 is 1.42 bits per heavy atom. The molecule has 3 N–H and O–H groups in total. The van der Waals surface area contributed by atoms with E-state index in [9.17, 15) is 19.5 Å². The second-order valence-electron chi connectivity index (χ2n) is 6.01. The Morgan fingerprint density at radius 3 is 2.71 bits per heavy atom. The molecule has 1 aliphatic rings. The van der Waals surface area contributed by atoms with Gasteiger partial charge in [-0.3, -0.25) is 19.5 Å². The number of aromatic hydroxyl groups is 1. The van der Waals surface area contributed by atoms with Gasteiger partial charge < -0.3 is 10.4 Å². The number of carbonyl (C=O) groups excluding carboxylic acids is 2. The van der Waals surface area contributed by atoms with Crippen LogP contribution >= 0.6 is 11.8 Å². The first kappa shape index (κ1) is 18.3. The quantitative estimate of drug-likeness (QED) is 0.544. The molecule has 0 aromatic carbocycles. The molecule has 0 bridgehead atoms. The molecule has 0 atom stereocenters. The van der Waals surface area contributed by atoms with Crippen molar-refractivity contribution in [1.82, 2.24) is 20.2 Å². The van der Waals surface area contributed by atoms with E-state index in [1.165, 1.54) is 0 Å². The van der Waals surface area contributed by atoms with Crippen LogP contribution in [0.25, 0.3) is 0 Å². The number of nitrogens with zero attached hydrogens (tertiary/aromatic N) is 2. The van der Waals surface area contributed by atoms with Crippen LogP contribution in [0.5, 0.6) is 5.88 Å². The van der Waals surface area contributed by atoms with Gasteiger partial charge in [-0.25, -0.2) is 4.79 Å². The summed E-state index contributed by atoms with van der Waals surface area (Å²) in [6, 6.07) is 0.484. The number of aromatic nitrogens is 2. The summed E-state index contributed by atoms with van der Waals surface area (Å²) in [6.07, 6.45) is 3.84. The number of hydrogen-bond donors (Lipinski definition) is 3. The predicted octanol–water partition coefficient (Wildman–Crippen LogP) is 1.39. The molecule has 1 aromatic rings. The van der Waals surface area contributed by atoms with Gasteiger partial charge in [0.05, 0.1) is 11.8 Å². The average Bonchev–Trinajstić information content (AvgIpc) is 2.97. The Balaban J connectivity index is 2.05. The summed E-state index contributed by atoms with van der Waals surface area (Å²) < 4.78 is 1.54. The molecule has 132 valence electrons. The molecule has 0 radical (unpaired) electrons. The van der Waals surface area contributed by atoms with E-state index in [1.807, 2.05) is 0 Å². The van der Waals surface area contributed by atoms with Crippen LogP contribution in [-0.4, -0.2) is 38.4 Å². The minimum Gasteiger partial charge on any atom is -0.493 e. The zero-order valence-corrected chi connectivity index (χ0v) is 14.6. The molecule has 0 spiro atoms. The van der Waals surface area contributed by atoms with E-state index >= 15 is 0 Å². The van der Waals surface area contributed by atoms with Crippen LogP contribution in [0.4, 0.5) is 4.79 Å². The topological polar surface area (TPSA) is 113 Å². The summed E-state index contributed by atoms with van der Waals surface area (Å²) in [4.78, 5) is 39.5. The van der Waals surface area contributed by atoms with Crippen molar-refractivity contribution in [3.8, 4) is 5.88 Å². The van der Waals surface area contributed by atoms with Crippen molar-refractivity contribution < 1.29 is 14.7 Å². The minimum absolute atomic E-state index is 0.0420. The average molecular weight is 354 g/mol. The molecule has 8 nitrogen and oxygen atoms in total. The highest BCUT2D eigenvalue weighted by molar-refractivity contribution is 7.99. The second-order valence-corrected chi connectivity index (χ2v) is 6.95. The first-order valence-corrected chi connectivity index (χ1v) is 8.91. The van der Waals surface area contributed by atoms with Gasteiger partial charge in [0, 0.05) is 12.1 Å². The van der Waals surface area contributed by atoms with E-state index in [2.05, 4.69) is 15.6 Å². The fraction of sp³-hybridized carbons (Fsp3) is 0.600. The first-order valence-electron chi connectivity index (χ1n) is 7.92. The maximum absolute atomic E-state index is 12.2. The molecular formula is C15H22N4O4S. The SMILES string of the molecule is CC(C)NC(=O)NC(=O)CSc1nc(O)cc(=O)n1C1CCCC1. The van der Waals surface area contributed by atoms with Gasteiger partial charge in [0.25, 0.3) is 5.56 Å². The van der Waals surface area contributed by atoms with Gasteiger partial charge in [0.1, 0.15) is 0 Å². The smallest absolute Gasteiger partial charge is 0.321 e.